The molecule has 1 heterocycles. The largest absolute Gasteiger partial charge is 0.248 e. The molecular formula is C14H14ClFN2. The van der Waals surface area contributed by atoms with Crippen LogP contribution in [0.2, 0.25) is 5.15 Å². The van der Waals surface area contributed by atoms with Crippen molar-refractivity contribution in [3.05, 3.63) is 45.6 Å². The summed E-state index contributed by atoms with van der Waals surface area (Å²) >= 11 is 6.08. The van der Waals surface area contributed by atoms with Crippen LogP contribution in [0.3, 0.4) is 0 Å². The zero-order valence-corrected chi connectivity index (χ0v) is 11.6. The highest BCUT2D eigenvalue weighted by atomic mass is 35.5. The van der Waals surface area contributed by atoms with Gasteiger partial charge in [-0.25, -0.2) is 14.4 Å². The van der Waals surface area contributed by atoms with Crippen LogP contribution in [-0.2, 0) is 0 Å². The van der Waals surface area contributed by atoms with Gasteiger partial charge in [-0.15, -0.1) is 0 Å². The Morgan fingerprint density at radius 2 is 1.61 bits per heavy atom. The first-order valence-corrected chi connectivity index (χ1v) is 6.06. The first kappa shape index (κ1) is 13.0. The molecule has 0 aliphatic carbocycles. The fourth-order valence-electron chi connectivity index (χ4n) is 1.95. The lowest BCUT2D eigenvalue weighted by molar-refractivity contribution is 0.628. The van der Waals surface area contributed by atoms with Crippen LogP contribution in [0.1, 0.15) is 22.5 Å². The lowest BCUT2D eigenvalue weighted by atomic mass is 10.0. The van der Waals surface area contributed by atoms with Crippen LogP contribution in [0.25, 0.3) is 11.3 Å². The molecule has 0 aliphatic rings. The summed E-state index contributed by atoms with van der Waals surface area (Å²) in [6.45, 7) is 7.37. The second-order valence-corrected chi connectivity index (χ2v) is 4.83. The van der Waals surface area contributed by atoms with Crippen molar-refractivity contribution in [1.82, 2.24) is 9.97 Å². The second kappa shape index (κ2) is 4.65. The molecule has 94 valence electrons. The fourth-order valence-corrected chi connectivity index (χ4v) is 2.21. The topological polar surface area (TPSA) is 25.8 Å². The van der Waals surface area contributed by atoms with Crippen LogP contribution >= 0.6 is 11.6 Å². The number of nitrogens with zero attached hydrogens (tertiary/aromatic N) is 2. The Labute approximate surface area is 111 Å². The van der Waals surface area contributed by atoms with Crippen LogP contribution in [0, 0.1) is 33.5 Å². The lowest BCUT2D eigenvalue weighted by Crippen LogP contribution is -2.00. The Bertz CT molecular complexity index is 600. The molecular weight excluding hydrogens is 251 g/mol. The van der Waals surface area contributed by atoms with Gasteiger partial charge >= 0.3 is 0 Å². The molecule has 0 unspecified atom stereocenters. The van der Waals surface area contributed by atoms with E-state index >= 15 is 0 Å². The molecule has 0 saturated carbocycles. The Balaban J connectivity index is 2.73. The van der Waals surface area contributed by atoms with Crippen molar-refractivity contribution in [1.29, 1.82) is 0 Å². The zero-order valence-electron chi connectivity index (χ0n) is 10.8. The highest BCUT2D eigenvalue weighted by molar-refractivity contribution is 6.31. The van der Waals surface area contributed by atoms with Gasteiger partial charge < -0.3 is 0 Å². The molecule has 18 heavy (non-hydrogen) atoms. The zero-order chi connectivity index (χ0) is 13.4. The van der Waals surface area contributed by atoms with E-state index in [0.29, 0.717) is 11.3 Å². The van der Waals surface area contributed by atoms with Gasteiger partial charge in [0.1, 0.15) is 11.5 Å². The fraction of sp³-hybridized carbons (Fsp3) is 0.286. The quantitative estimate of drug-likeness (QED) is 0.773. The third-order valence-electron chi connectivity index (χ3n) is 2.93. The highest BCUT2D eigenvalue weighted by Gasteiger charge is 2.16. The Hall–Kier alpha value is -1.48. The summed E-state index contributed by atoms with van der Waals surface area (Å²) in [6.07, 6.45) is 0. The van der Waals surface area contributed by atoms with Gasteiger partial charge in [-0.3, -0.25) is 0 Å². The van der Waals surface area contributed by atoms with E-state index in [4.69, 9.17) is 11.6 Å². The van der Waals surface area contributed by atoms with Gasteiger partial charge in [-0.05, 0) is 44.9 Å². The van der Waals surface area contributed by atoms with E-state index in [2.05, 4.69) is 9.97 Å². The number of aryl methyl sites for hydroxylation is 4. The second-order valence-electron chi connectivity index (χ2n) is 4.47. The van der Waals surface area contributed by atoms with Gasteiger partial charge in [0.2, 0.25) is 0 Å². The van der Waals surface area contributed by atoms with Gasteiger partial charge in [0.25, 0.3) is 0 Å². The molecule has 0 amide bonds. The van der Waals surface area contributed by atoms with Crippen LogP contribution in [0.4, 0.5) is 4.39 Å². The summed E-state index contributed by atoms with van der Waals surface area (Å²) in [7, 11) is 0. The predicted molar refractivity (Wildman–Crippen MR) is 71.4 cm³/mol. The molecule has 2 nitrogen and oxygen atoms in total. The molecule has 0 bridgehead atoms. The molecule has 0 saturated heterocycles. The van der Waals surface area contributed by atoms with Crippen LogP contribution in [0.15, 0.2) is 12.1 Å². The molecule has 1 aromatic heterocycles. The number of benzene rings is 1. The first-order valence-electron chi connectivity index (χ1n) is 5.68. The van der Waals surface area contributed by atoms with E-state index in [0.717, 1.165) is 22.5 Å². The van der Waals surface area contributed by atoms with E-state index in [1.54, 1.807) is 0 Å². The first-order chi connectivity index (χ1) is 8.40. The monoisotopic (exact) mass is 264 g/mol. The maximum atomic E-state index is 14.1. The molecule has 4 heteroatoms. The van der Waals surface area contributed by atoms with Crippen LogP contribution in [-0.4, -0.2) is 9.97 Å². The van der Waals surface area contributed by atoms with Crippen LogP contribution < -0.4 is 0 Å². The summed E-state index contributed by atoms with van der Waals surface area (Å²) in [5.74, 6) is -0.313. The smallest absolute Gasteiger partial charge is 0.155 e. The van der Waals surface area contributed by atoms with E-state index < -0.39 is 0 Å². The number of hydrogen-bond acceptors (Lipinski definition) is 2. The summed E-state index contributed by atoms with van der Waals surface area (Å²) in [6, 6.07) is 3.39. The van der Waals surface area contributed by atoms with Crippen molar-refractivity contribution < 1.29 is 4.39 Å². The molecule has 0 fully saturated rings. The average Bonchev–Trinajstić information content (AvgIpc) is 2.24. The average molecular weight is 265 g/mol. The normalized spacial score (nSPS) is 10.8. The van der Waals surface area contributed by atoms with Gasteiger partial charge in [0.05, 0.1) is 11.4 Å². The molecule has 2 rings (SSSR count). The molecule has 1 aromatic carbocycles. The van der Waals surface area contributed by atoms with Gasteiger partial charge in [-0.2, -0.15) is 0 Å². The minimum Gasteiger partial charge on any atom is -0.248 e. The van der Waals surface area contributed by atoms with E-state index in [1.165, 1.54) is 6.07 Å². The minimum absolute atomic E-state index is 0.240. The van der Waals surface area contributed by atoms with Gasteiger partial charge in [0.15, 0.2) is 5.15 Å². The maximum Gasteiger partial charge on any atom is 0.155 e. The summed E-state index contributed by atoms with van der Waals surface area (Å²) in [5.41, 5.74) is 4.05. The number of rotatable bonds is 1. The predicted octanol–water partition coefficient (Wildman–Crippen LogP) is 4.17. The molecule has 0 radical (unpaired) electrons. The maximum absolute atomic E-state index is 14.1. The Morgan fingerprint density at radius 1 is 1.00 bits per heavy atom. The van der Waals surface area contributed by atoms with Crippen molar-refractivity contribution >= 4 is 11.6 Å². The summed E-state index contributed by atoms with van der Waals surface area (Å²) < 4.78 is 14.1. The van der Waals surface area contributed by atoms with E-state index in [1.807, 2.05) is 33.8 Å². The lowest BCUT2D eigenvalue weighted by Gasteiger charge is -2.11. The third kappa shape index (κ3) is 2.23. The standard InChI is InChI=1S/C14H14ClFN2/c1-7-5-8(2)12(11(16)6-7)13-14(15)18-10(4)9(3)17-13/h5-6H,1-4H3. The number of halogens is 2. The summed E-state index contributed by atoms with van der Waals surface area (Å²) in [5, 5.41) is 0.240. The van der Waals surface area contributed by atoms with Crippen molar-refractivity contribution in [3.63, 3.8) is 0 Å². The van der Waals surface area contributed by atoms with E-state index in [9.17, 15) is 4.39 Å². The Kier molecular flexibility index (Phi) is 3.35. The summed E-state index contributed by atoms with van der Waals surface area (Å²) in [4.78, 5) is 8.55. The van der Waals surface area contributed by atoms with Gasteiger partial charge in [-0.1, -0.05) is 17.7 Å². The highest BCUT2D eigenvalue weighted by Crippen LogP contribution is 2.31. The molecule has 0 aliphatic heterocycles. The number of aromatic nitrogens is 2. The molecule has 0 spiro atoms. The van der Waals surface area contributed by atoms with Crippen LogP contribution in [0.5, 0.6) is 0 Å². The van der Waals surface area contributed by atoms with Crippen molar-refractivity contribution in [2.45, 2.75) is 27.7 Å². The van der Waals surface area contributed by atoms with Gasteiger partial charge in [0, 0.05) is 5.56 Å². The minimum atomic E-state index is -0.313. The number of hydrogen-bond donors (Lipinski definition) is 0. The third-order valence-corrected chi connectivity index (χ3v) is 3.20. The van der Waals surface area contributed by atoms with E-state index in [-0.39, 0.29) is 11.0 Å². The molecule has 0 N–H and O–H groups in total. The van der Waals surface area contributed by atoms with Crippen molar-refractivity contribution in [2.24, 2.45) is 0 Å². The van der Waals surface area contributed by atoms with Crippen molar-refractivity contribution in [2.75, 3.05) is 0 Å². The molecule has 0 atom stereocenters. The SMILES string of the molecule is Cc1cc(C)c(-c2nc(C)c(C)nc2Cl)c(F)c1. The molecule has 2 aromatic rings. The van der Waals surface area contributed by atoms with Crippen molar-refractivity contribution in [3.8, 4) is 11.3 Å². The Morgan fingerprint density at radius 3 is 2.22 bits per heavy atom.